The van der Waals surface area contributed by atoms with Crippen molar-refractivity contribution in [2.24, 2.45) is 5.41 Å². The van der Waals surface area contributed by atoms with Crippen LogP contribution in [0.2, 0.25) is 0 Å². The van der Waals surface area contributed by atoms with Gasteiger partial charge in [0.05, 0.1) is 33.1 Å². The van der Waals surface area contributed by atoms with E-state index in [2.05, 4.69) is 93.4 Å². The second-order valence-electron chi connectivity index (χ2n) is 24.3. The first-order valence-electron chi connectivity index (χ1n) is 30.8. The second kappa shape index (κ2) is 32.2. The second-order valence-corrected chi connectivity index (χ2v) is 25.2. The molecule has 0 saturated carbocycles. The Morgan fingerprint density at radius 3 is 2.17 bits per heavy atom. The van der Waals surface area contributed by atoms with Crippen LogP contribution in [0.3, 0.4) is 0 Å². The summed E-state index contributed by atoms with van der Waals surface area (Å²) in [7, 11) is 1.00. The maximum Gasteiger partial charge on any atom is 0.319 e. The lowest BCUT2D eigenvalue weighted by Crippen LogP contribution is -2.51. The number of carbonyl (C=O) groups excluding carboxylic acids is 3. The van der Waals surface area contributed by atoms with Crippen LogP contribution in [0.1, 0.15) is 161 Å². The monoisotopic (exact) mass is 1200 g/mol. The number of anilines is 1. The number of hydrogen-bond acceptors (Lipinski definition) is 14. The van der Waals surface area contributed by atoms with Crippen LogP contribution in [0, 0.1) is 36.3 Å². The zero-order chi connectivity index (χ0) is 61.9. The highest BCUT2D eigenvalue weighted by Crippen LogP contribution is 2.40. The number of ether oxygens (including phenoxy) is 1. The molecule has 0 spiro atoms. The van der Waals surface area contributed by atoms with E-state index in [-0.39, 0.29) is 63.6 Å². The van der Waals surface area contributed by atoms with Crippen molar-refractivity contribution >= 4 is 57.6 Å². The third kappa shape index (κ3) is 17.9. The molecule has 4 aliphatic rings. The van der Waals surface area contributed by atoms with Gasteiger partial charge < -0.3 is 45.6 Å². The third-order valence-electron chi connectivity index (χ3n) is 17.2. The molecule has 464 valence electrons. The van der Waals surface area contributed by atoms with Gasteiger partial charge in [0.15, 0.2) is 5.82 Å². The summed E-state index contributed by atoms with van der Waals surface area (Å²) in [5.74, 6) is 1.71. The number of aryl methyl sites for hydroxylation is 1. The number of fused-ring (bicyclic) bond motifs is 4. The van der Waals surface area contributed by atoms with E-state index in [1.165, 1.54) is 86.1 Å². The Balaban J connectivity index is 0.000000320. The van der Waals surface area contributed by atoms with Crippen molar-refractivity contribution in [2.75, 3.05) is 51.3 Å². The molecule has 4 aliphatic heterocycles. The van der Waals surface area contributed by atoms with Gasteiger partial charge >= 0.3 is 6.01 Å². The van der Waals surface area contributed by atoms with Gasteiger partial charge in [-0.15, -0.1) is 17.8 Å². The van der Waals surface area contributed by atoms with Gasteiger partial charge in [-0.3, -0.25) is 19.4 Å². The zero-order valence-electron chi connectivity index (χ0n) is 51.6. The number of nitrogens with one attached hydrogen (secondary N) is 3. The van der Waals surface area contributed by atoms with Crippen molar-refractivity contribution < 1.29 is 38.1 Å². The summed E-state index contributed by atoms with van der Waals surface area (Å²) < 4.78 is 38.4. The number of hydrogen-bond donors (Lipinski definition) is 5. The molecule has 3 unspecified atom stereocenters. The number of benzene rings is 3. The first-order chi connectivity index (χ1) is 41.4. The quantitative estimate of drug-likeness (QED) is 0.0259. The predicted octanol–water partition coefficient (Wildman–Crippen LogP) is 11.8. The first-order valence-corrected chi connectivity index (χ1v) is 31.7. The fraction of sp³-hybridized carbons (Fsp3) is 0.537. The number of aromatic hydroxyl groups is 1. The Morgan fingerprint density at radius 1 is 0.907 bits per heavy atom. The summed E-state index contributed by atoms with van der Waals surface area (Å²) in [6.07, 6.45) is 24.9. The number of thiazole rings is 1. The fourth-order valence-corrected chi connectivity index (χ4v) is 12.5. The molecule has 0 aliphatic carbocycles. The summed E-state index contributed by atoms with van der Waals surface area (Å²) in [6, 6.07) is 15.3. The van der Waals surface area contributed by atoms with Crippen molar-refractivity contribution in [3.05, 3.63) is 88.7 Å². The lowest BCUT2D eigenvalue weighted by atomic mass is 9.88. The Labute approximate surface area is 511 Å². The average molecular weight is 1200 g/mol. The molecule has 16 nitrogen and oxygen atoms in total. The summed E-state index contributed by atoms with van der Waals surface area (Å²) in [5, 5.41) is 28.4. The molecule has 7 heterocycles. The average Bonchev–Trinajstić information content (AvgIpc) is 1.34. The molecule has 5 N–H and O–H groups in total. The van der Waals surface area contributed by atoms with E-state index in [1.807, 2.05) is 36.4 Å². The number of unbranched alkanes of at least 4 members (excludes halogenated alkanes) is 7. The Kier molecular flexibility index (Phi) is 25.0. The number of phenolic OH excluding ortho intramolecular Hbond substituents is 1. The lowest BCUT2D eigenvalue weighted by Gasteiger charge is -2.35. The third-order valence-corrected chi connectivity index (χ3v) is 18.2. The Bertz CT molecular complexity index is 3200. The van der Waals surface area contributed by atoms with E-state index in [9.17, 15) is 23.9 Å². The fourth-order valence-electron chi connectivity index (χ4n) is 11.6. The lowest BCUT2D eigenvalue weighted by molar-refractivity contribution is -0.122. The van der Waals surface area contributed by atoms with Crippen LogP contribution in [0.25, 0.3) is 43.4 Å². The normalized spacial score (nSPS) is 18.4. The van der Waals surface area contributed by atoms with Crippen LogP contribution in [-0.4, -0.2) is 135 Å². The number of piperidine rings is 1. The van der Waals surface area contributed by atoms with Crippen molar-refractivity contribution in [3.63, 3.8) is 0 Å². The first kappa shape index (κ1) is 66.7. The molecule has 3 aromatic heterocycles. The summed E-state index contributed by atoms with van der Waals surface area (Å²) in [5.41, 5.74) is 5.39. The van der Waals surface area contributed by atoms with Crippen LogP contribution in [0.15, 0.2) is 60.2 Å². The van der Waals surface area contributed by atoms with Gasteiger partial charge in [0.1, 0.15) is 34.7 Å². The van der Waals surface area contributed by atoms with Gasteiger partial charge in [0.25, 0.3) is 0 Å². The molecule has 0 radical (unpaired) electrons. The number of phenols is 1. The van der Waals surface area contributed by atoms with Crippen LogP contribution >= 0.6 is 11.3 Å². The predicted molar refractivity (Wildman–Crippen MR) is 340 cm³/mol. The van der Waals surface area contributed by atoms with Crippen LogP contribution in [0.4, 0.5) is 14.6 Å². The van der Waals surface area contributed by atoms with Gasteiger partial charge in [-0.05, 0) is 126 Å². The van der Waals surface area contributed by atoms with Crippen LogP contribution < -0.4 is 25.6 Å². The number of likely N-dealkylation sites (tertiary alicyclic amines) is 2. The maximum absolute atomic E-state index is 16.9. The number of rotatable bonds is 21. The van der Waals surface area contributed by atoms with Crippen molar-refractivity contribution in [1.29, 1.82) is 0 Å². The number of aliphatic hydroxyl groups is 1. The van der Waals surface area contributed by atoms with E-state index < -0.39 is 11.6 Å². The largest absolute Gasteiger partial charge is 0.508 e. The van der Waals surface area contributed by atoms with Crippen molar-refractivity contribution in [2.45, 2.75) is 181 Å². The maximum atomic E-state index is 16.9. The molecule has 10 rings (SSSR count). The SMILES string of the molecule is C#Cc1c(F)ccc2cc(O)cc(-c3ncc4c(N5CC6CCC(C5)N6)nc(OC5CCN(CCCCCCCCCCC(=O)NC(C)C(C)(C)C)CC5)nc4c3F)c12.CO.C[C@@H]1CCCN1C=O.Cc1ncsc1-c1ccc([C@H](C)NC=O)cc1. The standard InChI is InChI=1S/C47H61F2N7O3.C13H14N2OS.C6H11NO.CH4O/c1-6-36-39(48)19-16-31-25-34(57)26-37(41(31)36)43-42(49)44-38(27-50-43)45(56-28-32-17-18-33(29-56)52-32)54-46(53-44)59-35-20-23-55(24-21-35)22-14-12-10-8-7-9-11-13-15-40(58)51-30(2)47(3,4)5;1-9(14-7-16)11-3-5-12(6-4-11)13-10(2)15-8-17-13;1-6-3-2-4-7(6)5-8;1-2/h1,16,19,25-27,30,32-33,35,52,57H,7-15,17-18,20-24,28-29H2,2-5H3,(H,51,58);3-9H,1-2H3,(H,14,16);5-6H,2-4H2,1H3;2H,1H3/t;9-;6-;/m.01./s1. The van der Waals surface area contributed by atoms with Gasteiger partial charge in [-0.2, -0.15) is 9.97 Å². The molecule has 2 bridgehead atoms. The molecule has 4 saturated heterocycles. The summed E-state index contributed by atoms with van der Waals surface area (Å²) >= 11 is 1.64. The number of aromatic nitrogens is 4. The van der Waals surface area contributed by atoms with E-state index in [0.29, 0.717) is 46.5 Å². The highest BCUT2D eigenvalue weighted by Gasteiger charge is 2.35. The van der Waals surface area contributed by atoms with E-state index >= 15 is 4.39 Å². The number of pyridine rings is 1. The van der Waals surface area contributed by atoms with Crippen LogP contribution in [0.5, 0.6) is 11.8 Å². The smallest absolute Gasteiger partial charge is 0.319 e. The molecule has 3 amide bonds. The minimum absolute atomic E-state index is 0.0270. The van der Waals surface area contributed by atoms with Gasteiger partial charge in [0, 0.05) is 87.6 Å². The summed E-state index contributed by atoms with van der Waals surface area (Å²) in [4.78, 5) is 58.9. The Morgan fingerprint density at radius 2 is 1.58 bits per heavy atom. The number of amides is 3. The highest BCUT2D eigenvalue weighted by atomic mass is 32.1. The number of terminal acetylenes is 1. The van der Waals surface area contributed by atoms with E-state index in [0.717, 1.165) is 109 Å². The van der Waals surface area contributed by atoms with Gasteiger partial charge in [-0.25, -0.2) is 13.8 Å². The molecule has 3 aromatic carbocycles. The number of halogens is 2. The number of piperazine rings is 1. The number of nitrogens with zero attached hydrogens (tertiary/aromatic N) is 7. The zero-order valence-corrected chi connectivity index (χ0v) is 52.5. The minimum atomic E-state index is -0.714. The van der Waals surface area contributed by atoms with Gasteiger partial charge in [0.2, 0.25) is 18.7 Å². The molecular weight excluding hydrogens is 1110 g/mol. The number of aliphatic hydroxyl groups excluding tert-OH is 1. The molecule has 19 heteroatoms. The highest BCUT2D eigenvalue weighted by molar-refractivity contribution is 7.13. The number of carbonyl (C=O) groups is 3. The van der Waals surface area contributed by atoms with Crippen LogP contribution in [-0.2, 0) is 14.4 Å². The van der Waals surface area contributed by atoms with E-state index in [1.54, 1.807) is 17.5 Å². The topological polar surface area (TPSA) is 198 Å². The van der Waals surface area contributed by atoms with Crippen molar-refractivity contribution in [3.8, 4) is 45.8 Å². The molecule has 5 atom stereocenters. The molecule has 86 heavy (non-hydrogen) atoms. The molecular formula is C67H90F2N10O6S. The summed E-state index contributed by atoms with van der Waals surface area (Å²) in [6.45, 7) is 19.9. The molecule has 6 aromatic rings. The van der Waals surface area contributed by atoms with Crippen molar-refractivity contribution in [1.82, 2.24) is 45.7 Å². The Hall–Kier alpha value is -6.85. The minimum Gasteiger partial charge on any atom is -0.508 e. The van der Waals surface area contributed by atoms with Gasteiger partial charge in [-0.1, -0.05) is 95.5 Å². The van der Waals surface area contributed by atoms with E-state index in [4.69, 9.17) is 21.3 Å². The molecule has 4 fully saturated rings.